The fraction of sp³-hybridized carbons (Fsp3) is 0.571. The summed E-state index contributed by atoms with van der Waals surface area (Å²) in [6.07, 6.45) is 2.80. The number of benzene rings is 1. The van der Waals surface area contributed by atoms with E-state index in [0.29, 0.717) is 31.0 Å². The molecule has 104 valence electrons. The molecule has 0 spiro atoms. The third-order valence-electron chi connectivity index (χ3n) is 3.88. The quantitative estimate of drug-likeness (QED) is 0.922. The van der Waals surface area contributed by atoms with Crippen LogP contribution in [0.25, 0.3) is 0 Å². The Morgan fingerprint density at radius 2 is 1.95 bits per heavy atom. The van der Waals surface area contributed by atoms with Crippen molar-refractivity contribution in [2.45, 2.75) is 31.8 Å². The Bertz CT molecular complexity index is 566. The van der Waals surface area contributed by atoms with Crippen molar-refractivity contribution in [2.75, 3.05) is 16.6 Å². The van der Waals surface area contributed by atoms with Gasteiger partial charge in [-0.1, -0.05) is 18.2 Å². The van der Waals surface area contributed by atoms with Gasteiger partial charge in [0.05, 0.1) is 17.5 Å². The van der Waals surface area contributed by atoms with E-state index in [9.17, 15) is 13.5 Å². The number of fused-ring (bicyclic) bond motifs is 1. The van der Waals surface area contributed by atoms with Crippen LogP contribution in [0, 0.1) is 5.92 Å². The lowest BCUT2D eigenvalue weighted by atomic mass is 10.1. The molecule has 3 rings (SSSR count). The molecule has 0 amide bonds. The molecule has 1 heterocycles. The maximum Gasteiger partial charge on any atom is 0.235 e. The molecule has 5 heteroatoms. The molecular formula is C14H19NO3S. The zero-order valence-electron chi connectivity index (χ0n) is 10.8. The van der Waals surface area contributed by atoms with E-state index in [2.05, 4.69) is 0 Å². The lowest BCUT2D eigenvalue weighted by molar-refractivity contribution is 0.168. The first-order valence-electron chi connectivity index (χ1n) is 6.85. The molecule has 0 bridgehead atoms. The standard InChI is InChI=1S/C14H19NO3S/c16-14-6-3-9-15(13-5-2-1-4-12(13)14)19(17,18)10-11-7-8-11/h1-2,4-5,11,14,16H,3,6-10H2. The first-order chi connectivity index (χ1) is 9.08. The number of hydrogen-bond donors (Lipinski definition) is 1. The molecule has 1 aliphatic heterocycles. The van der Waals surface area contributed by atoms with Crippen molar-refractivity contribution in [2.24, 2.45) is 5.92 Å². The van der Waals surface area contributed by atoms with Crippen molar-refractivity contribution in [3.8, 4) is 0 Å². The molecule has 0 aromatic heterocycles. The SMILES string of the molecule is O=S(=O)(CC1CC1)N1CCCC(O)c2ccccc21. The van der Waals surface area contributed by atoms with E-state index in [1.807, 2.05) is 18.2 Å². The first-order valence-corrected chi connectivity index (χ1v) is 8.46. The molecule has 19 heavy (non-hydrogen) atoms. The van der Waals surface area contributed by atoms with E-state index in [1.54, 1.807) is 6.07 Å². The van der Waals surface area contributed by atoms with Crippen molar-refractivity contribution in [3.63, 3.8) is 0 Å². The molecule has 4 nitrogen and oxygen atoms in total. The van der Waals surface area contributed by atoms with Crippen LogP contribution in [0.5, 0.6) is 0 Å². The molecule has 1 unspecified atom stereocenters. The normalized spacial score (nSPS) is 23.8. The van der Waals surface area contributed by atoms with Crippen LogP contribution in [0.15, 0.2) is 24.3 Å². The average Bonchev–Trinajstić information content (AvgIpc) is 3.17. The van der Waals surface area contributed by atoms with Gasteiger partial charge in [0.25, 0.3) is 0 Å². The summed E-state index contributed by atoms with van der Waals surface area (Å²) in [5.41, 5.74) is 1.40. The van der Waals surface area contributed by atoms with Gasteiger partial charge < -0.3 is 5.11 Å². The zero-order valence-corrected chi connectivity index (χ0v) is 11.6. The first kappa shape index (κ1) is 12.9. The number of para-hydroxylation sites is 1. The van der Waals surface area contributed by atoms with E-state index in [4.69, 9.17) is 0 Å². The van der Waals surface area contributed by atoms with Gasteiger partial charge in [-0.15, -0.1) is 0 Å². The molecule has 1 aromatic carbocycles. The van der Waals surface area contributed by atoms with E-state index in [0.717, 1.165) is 18.4 Å². The molecule has 1 N–H and O–H groups in total. The van der Waals surface area contributed by atoms with Gasteiger partial charge in [0.2, 0.25) is 10.0 Å². The molecule has 1 atom stereocenters. The summed E-state index contributed by atoms with van der Waals surface area (Å²) in [4.78, 5) is 0. The number of hydrogen-bond acceptors (Lipinski definition) is 3. The highest BCUT2D eigenvalue weighted by Crippen LogP contribution is 2.37. The van der Waals surface area contributed by atoms with Crippen molar-refractivity contribution >= 4 is 15.7 Å². The highest BCUT2D eigenvalue weighted by Gasteiger charge is 2.34. The van der Waals surface area contributed by atoms with Crippen LogP contribution in [0.3, 0.4) is 0 Å². The van der Waals surface area contributed by atoms with Gasteiger partial charge in [-0.2, -0.15) is 0 Å². The molecular weight excluding hydrogens is 262 g/mol. The van der Waals surface area contributed by atoms with E-state index in [-0.39, 0.29) is 5.75 Å². The van der Waals surface area contributed by atoms with Gasteiger partial charge in [-0.05, 0) is 37.7 Å². The van der Waals surface area contributed by atoms with Crippen LogP contribution in [0.4, 0.5) is 5.69 Å². The van der Waals surface area contributed by atoms with E-state index < -0.39 is 16.1 Å². The summed E-state index contributed by atoms with van der Waals surface area (Å²) in [7, 11) is -3.26. The minimum Gasteiger partial charge on any atom is -0.388 e. The zero-order chi connectivity index (χ0) is 13.5. The molecule has 1 fully saturated rings. The maximum atomic E-state index is 12.5. The van der Waals surface area contributed by atoms with Gasteiger partial charge >= 0.3 is 0 Å². The molecule has 0 radical (unpaired) electrons. The Morgan fingerprint density at radius 1 is 1.21 bits per heavy atom. The Kier molecular flexibility index (Phi) is 3.27. The van der Waals surface area contributed by atoms with Gasteiger partial charge in [-0.3, -0.25) is 4.31 Å². The van der Waals surface area contributed by atoms with Crippen molar-refractivity contribution in [1.82, 2.24) is 0 Å². The fourth-order valence-electron chi connectivity index (χ4n) is 2.66. The predicted octanol–water partition coefficient (Wildman–Crippen LogP) is 2.06. The maximum absolute atomic E-state index is 12.5. The minimum atomic E-state index is -3.26. The van der Waals surface area contributed by atoms with Crippen LogP contribution in [-0.4, -0.2) is 25.8 Å². The van der Waals surface area contributed by atoms with Crippen LogP contribution in [0.2, 0.25) is 0 Å². The monoisotopic (exact) mass is 281 g/mol. The molecule has 1 aliphatic carbocycles. The third-order valence-corrected chi connectivity index (χ3v) is 5.83. The highest BCUT2D eigenvalue weighted by atomic mass is 32.2. The molecule has 1 saturated carbocycles. The second-order valence-corrected chi connectivity index (χ2v) is 7.45. The summed E-state index contributed by atoms with van der Waals surface area (Å²) in [5.74, 6) is 0.586. The predicted molar refractivity (Wildman–Crippen MR) is 74.5 cm³/mol. The average molecular weight is 281 g/mol. The smallest absolute Gasteiger partial charge is 0.235 e. The number of nitrogens with zero attached hydrogens (tertiary/aromatic N) is 1. The van der Waals surface area contributed by atoms with Crippen LogP contribution >= 0.6 is 0 Å². The van der Waals surface area contributed by atoms with Gasteiger partial charge in [-0.25, -0.2) is 8.42 Å². The van der Waals surface area contributed by atoms with Crippen molar-refractivity contribution in [1.29, 1.82) is 0 Å². The van der Waals surface area contributed by atoms with Crippen molar-refractivity contribution in [3.05, 3.63) is 29.8 Å². The summed E-state index contributed by atoms with van der Waals surface area (Å²) < 4.78 is 26.5. The summed E-state index contributed by atoms with van der Waals surface area (Å²) >= 11 is 0. The van der Waals surface area contributed by atoms with Crippen LogP contribution < -0.4 is 4.31 Å². The summed E-state index contributed by atoms with van der Waals surface area (Å²) in [6, 6.07) is 7.30. The van der Waals surface area contributed by atoms with Gasteiger partial charge in [0, 0.05) is 12.1 Å². The van der Waals surface area contributed by atoms with Crippen molar-refractivity contribution < 1.29 is 13.5 Å². The van der Waals surface area contributed by atoms with Crippen LogP contribution in [0.1, 0.15) is 37.4 Å². The Balaban J connectivity index is 1.98. The number of sulfonamides is 1. The van der Waals surface area contributed by atoms with Gasteiger partial charge in [0.15, 0.2) is 0 Å². The number of rotatable bonds is 3. The topological polar surface area (TPSA) is 57.6 Å². The Hall–Kier alpha value is -1.07. The molecule has 2 aliphatic rings. The van der Waals surface area contributed by atoms with E-state index >= 15 is 0 Å². The largest absolute Gasteiger partial charge is 0.388 e. The minimum absolute atomic E-state index is 0.247. The molecule has 0 saturated heterocycles. The highest BCUT2D eigenvalue weighted by molar-refractivity contribution is 7.92. The number of aliphatic hydroxyl groups is 1. The lowest BCUT2D eigenvalue weighted by Gasteiger charge is -2.24. The summed E-state index contributed by atoms with van der Waals surface area (Å²) in [6.45, 7) is 0.475. The van der Waals surface area contributed by atoms with E-state index in [1.165, 1.54) is 4.31 Å². The van der Waals surface area contributed by atoms with Crippen LogP contribution in [-0.2, 0) is 10.0 Å². The lowest BCUT2D eigenvalue weighted by Crippen LogP contribution is -2.34. The Morgan fingerprint density at radius 3 is 2.68 bits per heavy atom. The Labute approximate surface area is 114 Å². The number of anilines is 1. The second kappa shape index (κ2) is 4.80. The molecule has 1 aromatic rings. The van der Waals surface area contributed by atoms with Gasteiger partial charge in [0.1, 0.15) is 0 Å². The number of aliphatic hydroxyl groups excluding tert-OH is 1. The third kappa shape index (κ3) is 2.62. The fourth-order valence-corrected chi connectivity index (χ4v) is 4.64. The summed E-state index contributed by atoms with van der Waals surface area (Å²) in [5, 5.41) is 10.1. The second-order valence-electron chi connectivity index (χ2n) is 5.51.